The fraction of sp³-hybridized carbons (Fsp3) is 0.545. The second kappa shape index (κ2) is 4.87. The third-order valence-electron chi connectivity index (χ3n) is 3.18. The summed E-state index contributed by atoms with van der Waals surface area (Å²) in [7, 11) is 2.13. The largest absolute Gasteiger partial charge is 0.306 e. The van der Waals surface area contributed by atoms with Gasteiger partial charge in [-0.3, -0.25) is 4.84 Å². The van der Waals surface area contributed by atoms with E-state index in [0.717, 1.165) is 31.6 Å². The van der Waals surface area contributed by atoms with Crippen molar-refractivity contribution in [2.45, 2.75) is 18.9 Å². The van der Waals surface area contributed by atoms with Crippen LogP contribution in [0.3, 0.4) is 0 Å². The molecule has 0 aliphatic carbocycles. The minimum Gasteiger partial charge on any atom is -0.306 e. The van der Waals surface area contributed by atoms with Gasteiger partial charge in [0.2, 0.25) is 0 Å². The lowest BCUT2D eigenvalue weighted by atomic mass is 10.1. The maximum absolute atomic E-state index is 5.67. The molecule has 1 aliphatic heterocycles. The second-order valence-corrected chi connectivity index (χ2v) is 4.52. The van der Waals surface area contributed by atoms with Gasteiger partial charge in [0, 0.05) is 19.2 Å². The van der Waals surface area contributed by atoms with Crippen LogP contribution in [-0.4, -0.2) is 50.7 Å². The summed E-state index contributed by atoms with van der Waals surface area (Å²) in [5.41, 5.74) is 3.64. The lowest BCUT2D eigenvalue weighted by Crippen LogP contribution is -2.35. The van der Waals surface area contributed by atoms with Crippen LogP contribution in [0.2, 0.25) is 0 Å². The van der Waals surface area contributed by atoms with E-state index in [9.17, 15) is 0 Å². The Morgan fingerprint density at radius 3 is 3.00 bits per heavy atom. The van der Waals surface area contributed by atoms with Crippen molar-refractivity contribution >= 4 is 11.6 Å². The van der Waals surface area contributed by atoms with Crippen molar-refractivity contribution in [1.29, 1.82) is 0 Å². The number of piperidine rings is 1. The zero-order chi connectivity index (χ0) is 12.4. The summed E-state index contributed by atoms with van der Waals surface area (Å²) in [6.45, 7) is 2.13. The molecule has 0 bridgehead atoms. The van der Waals surface area contributed by atoms with Crippen LogP contribution >= 0.6 is 0 Å². The molecule has 0 aromatic carbocycles. The third-order valence-corrected chi connectivity index (χ3v) is 3.18. The first-order valence-corrected chi connectivity index (χ1v) is 6.08. The van der Waals surface area contributed by atoms with Crippen molar-refractivity contribution in [3.05, 3.63) is 18.6 Å². The molecular weight excluding hydrogens is 232 g/mol. The Morgan fingerprint density at radius 2 is 2.17 bits per heavy atom. The molecule has 7 nitrogen and oxygen atoms in total. The topological polar surface area (TPSA) is 67.6 Å². The number of nitrogens with one attached hydrogen (secondary N) is 1. The summed E-state index contributed by atoms with van der Waals surface area (Å²) in [6, 6.07) is 1.82. The molecule has 0 unspecified atom stereocenters. The third kappa shape index (κ3) is 2.27. The molecule has 0 radical (unpaired) electrons. The summed E-state index contributed by atoms with van der Waals surface area (Å²) >= 11 is 0. The normalized spacial score (nSPS) is 18.3. The van der Waals surface area contributed by atoms with Gasteiger partial charge in [-0.25, -0.2) is 10.5 Å². The number of nitrogens with zero attached hydrogens (tertiary/aromatic N) is 5. The van der Waals surface area contributed by atoms with Crippen LogP contribution in [0.15, 0.2) is 18.6 Å². The maximum Gasteiger partial charge on any atom is 0.251 e. The lowest BCUT2D eigenvalue weighted by molar-refractivity contribution is 0.0448. The molecule has 2 aromatic rings. The molecule has 1 aliphatic rings. The van der Waals surface area contributed by atoms with Gasteiger partial charge in [0.05, 0.1) is 12.3 Å². The number of hydrogen-bond donors (Lipinski definition) is 1. The van der Waals surface area contributed by atoms with Gasteiger partial charge in [0.15, 0.2) is 5.65 Å². The summed E-state index contributed by atoms with van der Waals surface area (Å²) < 4.78 is 1.62. The molecule has 0 spiro atoms. The van der Waals surface area contributed by atoms with Gasteiger partial charge < -0.3 is 4.90 Å². The molecule has 96 valence electrons. The fourth-order valence-corrected chi connectivity index (χ4v) is 2.06. The van der Waals surface area contributed by atoms with E-state index < -0.39 is 0 Å². The van der Waals surface area contributed by atoms with Crippen LogP contribution in [0.1, 0.15) is 12.8 Å². The van der Waals surface area contributed by atoms with Crippen LogP contribution in [0.25, 0.3) is 5.65 Å². The quantitative estimate of drug-likeness (QED) is 0.801. The number of likely N-dealkylation sites (tertiary alicyclic amines) is 1. The van der Waals surface area contributed by atoms with Gasteiger partial charge in [-0.1, -0.05) is 0 Å². The van der Waals surface area contributed by atoms with Gasteiger partial charge >= 0.3 is 0 Å². The van der Waals surface area contributed by atoms with Crippen molar-refractivity contribution in [3.63, 3.8) is 0 Å². The first-order chi connectivity index (χ1) is 8.83. The maximum atomic E-state index is 5.67. The summed E-state index contributed by atoms with van der Waals surface area (Å²) in [6.07, 6.45) is 5.46. The van der Waals surface area contributed by atoms with Crippen LogP contribution < -0.4 is 5.48 Å². The number of aromatic nitrogens is 4. The highest BCUT2D eigenvalue weighted by atomic mass is 16.7. The summed E-state index contributed by atoms with van der Waals surface area (Å²) in [4.78, 5) is 16.2. The summed E-state index contributed by atoms with van der Waals surface area (Å²) in [5, 5.41) is 4.14. The van der Waals surface area contributed by atoms with Gasteiger partial charge in [-0.05, 0) is 19.9 Å². The Hall–Kier alpha value is -1.73. The first kappa shape index (κ1) is 11.4. The van der Waals surface area contributed by atoms with E-state index in [2.05, 4.69) is 32.5 Å². The Bertz CT molecular complexity index is 519. The zero-order valence-corrected chi connectivity index (χ0v) is 10.3. The van der Waals surface area contributed by atoms with E-state index >= 15 is 0 Å². The molecule has 0 amide bonds. The number of rotatable bonds is 3. The van der Waals surface area contributed by atoms with Gasteiger partial charge in [0.25, 0.3) is 5.95 Å². The van der Waals surface area contributed by atoms with E-state index in [1.165, 1.54) is 6.33 Å². The standard InChI is InChI=1S/C11H16N6O/c1-16-6-3-9(4-7-16)18-15-11-13-8-12-10-2-5-14-17(10)11/h2,5,8-9H,3-4,6-7H2,1H3,(H,12,13,15). The minimum absolute atomic E-state index is 0.224. The average molecular weight is 248 g/mol. The number of fused-ring (bicyclic) bond motifs is 1. The molecule has 1 fully saturated rings. The monoisotopic (exact) mass is 248 g/mol. The molecule has 3 heterocycles. The Morgan fingerprint density at radius 1 is 1.33 bits per heavy atom. The fourth-order valence-electron chi connectivity index (χ4n) is 2.06. The zero-order valence-electron chi connectivity index (χ0n) is 10.3. The molecule has 1 saturated heterocycles. The first-order valence-electron chi connectivity index (χ1n) is 6.08. The SMILES string of the molecule is CN1CCC(ONc2ncnc3ccnn23)CC1. The molecule has 0 saturated carbocycles. The summed E-state index contributed by atoms with van der Waals surface area (Å²) in [5.74, 6) is 0.559. The predicted molar refractivity (Wildman–Crippen MR) is 66.0 cm³/mol. The van der Waals surface area contributed by atoms with Crippen LogP contribution in [0.4, 0.5) is 5.95 Å². The average Bonchev–Trinajstić information content (AvgIpc) is 2.87. The molecular formula is C11H16N6O. The van der Waals surface area contributed by atoms with E-state index in [1.54, 1.807) is 10.7 Å². The minimum atomic E-state index is 0.224. The second-order valence-electron chi connectivity index (χ2n) is 4.52. The van der Waals surface area contributed by atoms with Gasteiger partial charge in [-0.2, -0.15) is 14.6 Å². The molecule has 0 atom stereocenters. The van der Waals surface area contributed by atoms with E-state index in [1.807, 2.05) is 6.07 Å². The van der Waals surface area contributed by atoms with Crippen molar-refractivity contribution in [1.82, 2.24) is 24.5 Å². The van der Waals surface area contributed by atoms with Crippen LogP contribution in [0, 0.1) is 0 Å². The van der Waals surface area contributed by atoms with E-state index in [-0.39, 0.29) is 6.10 Å². The predicted octanol–water partition coefficient (Wildman–Crippen LogP) is 0.562. The molecule has 7 heteroatoms. The Labute approximate surface area is 105 Å². The number of hydrogen-bond acceptors (Lipinski definition) is 6. The highest BCUT2D eigenvalue weighted by Crippen LogP contribution is 2.13. The molecule has 1 N–H and O–H groups in total. The van der Waals surface area contributed by atoms with Crippen LogP contribution in [0.5, 0.6) is 0 Å². The molecule has 2 aromatic heterocycles. The Kier molecular flexibility index (Phi) is 3.07. The van der Waals surface area contributed by atoms with Crippen molar-refractivity contribution < 1.29 is 4.84 Å². The van der Waals surface area contributed by atoms with Gasteiger partial charge in [0.1, 0.15) is 6.33 Å². The van der Waals surface area contributed by atoms with Crippen molar-refractivity contribution in [2.75, 3.05) is 25.6 Å². The van der Waals surface area contributed by atoms with Crippen molar-refractivity contribution in [2.24, 2.45) is 0 Å². The lowest BCUT2D eigenvalue weighted by Gasteiger charge is -2.28. The van der Waals surface area contributed by atoms with E-state index in [4.69, 9.17) is 4.84 Å². The van der Waals surface area contributed by atoms with Gasteiger partial charge in [-0.15, -0.1) is 0 Å². The Balaban J connectivity index is 1.64. The highest BCUT2D eigenvalue weighted by molar-refractivity contribution is 5.40. The number of anilines is 1. The van der Waals surface area contributed by atoms with Crippen LogP contribution in [-0.2, 0) is 4.84 Å². The smallest absolute Gasteiger partial charge is 0.251 e. The van der Waals surface area contributed by atoms with Crippen molar-refractivity contribution in [3.8, 4) is 0 Å². The highest BCUT2D eigenvalue weighted by Gasteiger charge is 2.18. The van der Waals surface area contributed by atoms with E-state index in [0.29, 0.717) is 5.95 Å². The molecule has 3 rings (SSSR count). The molecule has 18 heavy (non-hydrogen) atoms.